The Balaban J connectivity index is 2.31. The van der Waals surface area contributed by atoms with E-state index in [-0.39, 0.29) is 0 Å². The summed E-state index contributed by atoms with van der Waals surface area (Å²) in [5, 5.41) is 0. The zero-order valence-corrected chi connectivity index (χ0v) is 16.4. The number of carbonyl (C=O) groups excluding carboxylic acids is 1. The van der Waals surface area contributed by atoms with Crippen LogP contribution < -0.4 is 21.2 Å². The van der Waals surface area contributed by atoms with Crippen molar-refractivity contribution in [1.29, 1.82) is 0 Å². The van der Waals surface area contributed by atoms with E-state index in [1.54, 1.807) is 0 Å². The first-order valence-corrected chi connectivity index (χ1v) is 10.2. The minimum atomic E-state index is -0.460. The van der Waals surface area contributed by atoms with Crippen LogP contribution in [0.1, 0.15) is 70.9 Å². The van der Waals surface area contributed by atoms with Gasteiger partial charge < -0.3 is 0 Å². The summed E-state index contributed by atoms with van der Waals surface area (Å²) >= 11 is -0.460. The molecule has 2 heteroatoms. The van der Waals surface area contributed by atoms with Crippen molar-refractivity contribution in [2.75, 3.05) is 0 Å². The van der Waals surface area contributed by atoms with Crippen LogP contribution in [0.5, 0.6) is 0 Å². The topological polar surface area (TPSA) is 17.1 Å². The number of benzene rings is 1. The Morgan fingerprint density at radius 2 is 1.86 bits per heavy atom. The molecule has 0 fully saturated rings. The van der Waals surface area contributed by atoms with E-state index in [9.17, 15) is 4.79 Å². The molecule has 0 aromatic heterocycles. The molecular formula is C19H30IO-. The fraction of sp³-hybridized carbons (Fsp3) is 0.632. The second-order valence-electron chi connectivity index (χ2n) is 7.01. The minimum absolute atomic E-state index is 0.426. The Bertz CT molecular complexity index is 457. The van der Waals surface area contributed by atoms with Crippen LogP contribution in [0, 0.1) is 15.9 Å². The molecule has 0 atom stereocenters. The summed E-state index contributed by atoms with van der Waals surface area (Å²) in [4.78, 5) is 12.1. The zero-order valence-electron chi connectivity index (χ0n) is 14.3. The van der Waals surface area contributed by atoms with Crippen molar-refractivity contribution in [2.45, 2.75) is 73.1 Å². The van der Waals surface area contributed by atoms with Gasteiger partial charge in [-0.1, -0.05) is 0 Å². The van der Waals surface area contributed by atoms with E-state index < -0.39 is 21.2 Å². The molecule has 0 saturated heterocycles. The number of hydrogen-bond donors (Lipinski definition) is 0. The van der Waals surface area contributed by atoms with Gasteiger partial charge in [0.2, 0.25) is 0 Å². The van der Waals surface area contributed by atoms with Gasteiger partial charge in [-0.3, -0.25) is 0 Å². The van der Waals surface area contributed by atoms with Gasteiger partial charge in [0.05, 0.1) is 0 Å². The molecule has 0 bridgehead atoms. The van der Waals surface area contributed by atoms with Gasteiger partial charge >= 0.3 is 141 Å². The average Bonchev–Trinajstić information content (AvgIpc) is 2.39. The van der Waals surface area contributed by atoms with Crippen molar-refractivity contribution in [1.82, 2.24) is 0 Å². The summed E-state index contributed by atoms with van der Waals surface area (Å²) < 4.78 is 1.81. The average molecular weight is 401 g/mol. The van der Waals surface area contributed by atoms with Crippen LogP contribution >= 0.6 is 0 Å². The number of unbranched alkanes of at least 4 members (excludes halogenated alkanes) is 2. The molecule has 0 radical (unpaired) electrons. The van der Waals surface area contributed by atoms with Crippen molar-refractivity contribution in [2.24, 2.45) is 5.41 Å². The van der Waals surface area contributed by atoms with Crippen LogP contribution in [0.4, 0.5) is 0 Å². The molecule has 1 nitrogen and oxygen atoms in total. The fourth-order valence-electron chi connectivity index (χ4n) is 2.29. The molecule has 0 aliphatic rings. The van der Waals surface area contributed by atoms with E-state index >= 15 is 0 Å². The van der Waals surface area contributed by atoms with Crippen LogP contribution in [-0.4, -0.2) is 3.79 Å². The summed E-state index contributed by atoms with van der Waals surface area (Å²) in [6, 6.07) is 6.60. The van der Waals surface area contributed by atoms with E-state index in [0.717, 1.165) is 19.3 Å². The third kappa shape index (κ3) is 7.98. The van der Waals surface area contributed by atoms with E-state index in [4.69, 9.17) is 0 Å². The third-order valence-corrected chi connectivity index (χ3v) is 6.57. The molecule has 0 amide bonds. The van der Waals surface area contributed by atoms with E-state index in [1.165, 1.54) is 34.0 Å². The Morgan fingerprint density at radius 3 is 2.43 bits per heavy atom. The van der Waals surface area contributed by atoms with Crippen LogP contribution in [0.2, 0.25) is 0 Å². The summed E-state index contributed by atoms with van der Waals surface area (Å²) in [5.41, 5.74) is 3.10. The van der Waals surface area contributed by atoms with E-state index in [2.05, 4.69) is 52.8 Å². The SMILES string of the molecule is CCc1ccc([I-]C(=O)CCCCCC(C)(C)C)c(C)c1. The molecule has 0 N–H and O–H groups in total. The first kappa shape index (κ1) is 18.7. The molecule has 0 aliphatic carbocycles. The van der Waals surface area contributed by atoms with Crippen molar-refractivity contribution in [3.8, 4) is 0 Å². The molecule has 0 heterocycles. The number of aryl methyl sites for hydroxylation is 2. The van der Waals surface area contributed by atoms with Crippen molar-refractivity contribution in [3.63, 3.8) is 0 Å². The quantitative estimate of drug-likeness (QED) is 0.371. The predicted octanol–water partition coefficient (Wildman–Crippen LogP) is 2.34. The zero-order chi connectivity index (χ0) is 15.9. The molecule has 0 unspecified atom stereocenters. The van der Waals surface area contributed by atoms with Gasteiger partial charge in [-0.05, 0) is 0 Å². The maximum absolute atomic E-state index is 12.1. The summed E-state index contributed by atoms with van der Waals surface area (Å²) in [6.45, 7) is 11.2. The first-order valence-electron chi connectivity index (χ1n) is 8.09. The van der Waals surface area contributed by atoms with Gasteiger partial charge in [-0.25, -0.2) is 0 Å². The third-order valence-electron chi connectivity index (χ3n) is 3.64. The summed E-state index contributed by atoms with van der Waals surface area (Å²) in [5.74, 6) is 0. The van der Waals surface area contributed by atoms with Crippen molar-refractivity contribution in [3.05, 3.63) is 32.9 Å². The molecule has 120 valence electrons. The molecule has 1 rings (SSSR count). The first-order chi connectivity index (χ1) is 9.81. The van der Waals surface area contributed by atoms with Crippen molar-refractivity contribution < 1.29 is 26.0 Å². The van der Waals surface area contributed by atoms with Gasteiger partial charge in [0.15, 0.2) is 0 Å². The van der Waals surface area contributed by atoms with E-state index in [0.29, 0.717) is 9.20 Å². The number of carbonyl (C=O) groups is 1. The molecule has 1 aromatic rings. The number of hydrogen-bond acceptors (Lipinski definition) is 1. The van der Waals surface area contributed by atoms with Crippen LogP contribution in [0.15, 0.2) is 18.2 Å². The monoisotopic (exact) mass is 401 g/mol. The van der Waals surface area contributed by atoms with Gasteiger partial charge in [-0.15, -0.1) is 0 Å². The molecular weight excluding hydrogens is 371 g/mol. The molecule has 0 saturated carbocycles. The predicted molar refractivity (Wildman–Crippen MR) is 86.8 cm³/mol. The van der Waals surface area contributed by atoms with Crippen LogP contribution in [-0.2, 0) is 11.2 Å². The summed E-state index contributed by atoms with van der Waals surface area (Å²) in [7, 11) is 0. The summed E-state index contributed by atoms with van der Waals surface area (Å²) in [6.07, 6.45) is 6.63. The second-order valence-corrected chi connectivity index (χ2v) is 9.91. The Morgan fingerprint density at radius 1 is 1.14 bits per heavy atom. The van der Waals surface area contributed by atoms with Crippen LogP contribution in [0.3, 0.4) is 0 Å². The molecule has 0 aliphatic heterocycles. The van der Waals surface area contributed by atoms with Crippen LogP contribution in [0.25, 0.3) is 0 Å². The molecule has 21 heavy (non-hydrogen) atoms. The van der Waals surface area contributed by atoms with Gasteiger partial charge in [-0.2, -0.15) is 0 Å². The normalized spacial score (nSPS) is 11.9. The van der Waals surface area contributed by atoms with Crippen molar-refractivity contribution >= 4 is 3.79 Å². The number of rotatable bonds is 8. The molecule has 1 aromatic carbocycles. The van der Waals surface area contributed by atoms with E-state index in [1.807, 2.05) is 0 Å². The Kier molecular flexibility index (Phi) is 7.93. The maximum atomic E-state index is 12.1. The van der Waals surface area contributed by atoms with Gasteiger partial charge in [0.1, 0.15) is 0 Å². The fourth-order valence-corrected chi connectivity index (χ4v) is 4.53. The Hall–Kier alpha value is -0.380. The van der Waals surface area contributed by atoms with Gasteiger partial charge in [0, 0.05) is 0 Å². The van der Waals surface area contributed by atoms with Gasteiger partial charge in [0.25, 0.3) is 0 Å². The number of halogens is 1. The second kappa shape index (κ2) is 8.92. The standard InChI is InChI=1S/C19H30IO/c1-6-16-11-12-17(15(2)14-16)20-18(21)10-8-7-9-13-19(3,4)5/h11-12,14H,6-10,13H2,1-5H3/q-1. The Labute approximate surface area is 141 Å². The molecule has 0 spiro atoms.